The van der Waals surface area contributed by atoms with Gasteiger partial charge in [-0.15, -0.1) is 0 Å². The van der Waals surface area contributed by atoms with Crippen LogP contribution in [0.5, 0.6) is 0 Å². The quantitative estimate of drug-likeness (QED) is 0.866. The molecule has 2 rings (SSSR count). The first-order chi connectivity index (χ1) is 9.24. The molecule has 0 saturated carbocycles. The summed E-state index contributed by atoms with van der Waals surface area (Å²) in [5, 5.41) is 4.39. The Kier molecular flexibility index (Phi) is 6.11. The van der Waals surface area contributed by atoms with Crippen molar-refractivity contribution >= 4 is 11.6 Å². The van der Waals surface area contributed by atoms with Crippen LogP contribution in [0.3, 0.4) is 0 Å². The first kappa shape index (κ1) is 14.8. The monoisotopic (exact) mass is 282 g/mol. The lowest BCUT2D eigenvalue weighted by Gasteiger charge is -2.29. The van der Waals surface area contributed by atoms with Crippen molar-refractivity contribution in [2.75, 3.05) is 39.4 Å². The molecule has 1 aliphatic rings. The van der Waals surface area contributed by atoms with E-state index in [0.717, 1.165) is 50.8 Å². The van der Waals surface area contributed by atoms with Gasteiger partial charge in [0.2, 0.25) is 0 Å². The second-order valence-corrected chi connectivity index (χ2v) is 5.58. The van der Waals surface area contributed by atoms with Gasteiger partial charge in [-0.3, -0.25) is 4.90 Å². The van der Waals surface area contributed by atoms with Gasteiger partial charge >= 0.3 is 0 Å². The number of nitrogens with zero attached hydrogens (tertiary/aromatic N) is 1. The molecule has 0 bridgehead atoms. The molecule has 1 saturated heterocycles. The van der Waals surface area contributed by atoms with E-state index in [1.165, 1.54) is 5.56 Å². The fraction of sp³-hybridized carbons (Fsp3) is 0.600. The summed E-state index contributed by atoms with van der Waals surface area (Å²) in [5.74, 6) is 0. The van der Waals surface area contributed by atoms with Crippen LogP contribution in [0, 0.1) is 0 Å². The number of ether oxygens (including phenoxy) is 1. The Morgan fingerprint density at radius 2 is 2.16 bits per heavy atom. The van der Waals surface area contributed by atoms with Crippen molar-refractivity contribution in [3.8, 4) is 0 Å². The minimum Gasteiger partial charge on any atom is -0.379 e. The number of hydrogen-bond acceptors (Lipinski definition) is 3. The molecule has 4 heteroatoms. The standard InChI is InChI=1S/C15H23ClN2O/c1-13(12-18-7-9-19-10-8-18)17-6-5-14-3-2-4-15(16)11-14/h2-4,11,13,17H,5-10,12H2,1H3. The topological polar surface area (TPSA) is 24.5 Å². The van der Waals surface area contributed by atoms with Gasteiger partial charge in [0, 0.05) is 30.7 Å². The first-order valence-electron chi connectivity index (χ1n) is 7.02. The maximum Gasteiger partial charge on any atom is 0.0594 e. The van der Waals surface area contributed by atoms with Crippen LogP contribution in [-0.2, 0) is 11.2 Å². The van der Waals surface area contributed by atoms with E-state index in [9.17, 15) is 0 Å². The van der Waals surface area contributed by atoms with Crippen LogP contribution >= 0.6 is 11.6 Å². The molecule has 1 aromatic rings. The lowest BCUT2D eigenvalue weighted by Crippen LogP contribution is -2.44. The van der Waals surface area contributed by atoms with Crippen LogP contribution in [0.2, 0.25) is 5.02 Å². The first-order valence-corrected chi connectivity index (χ1v) is 7.40. The molecule has 0 radical (unpaired) electrons. The third-order valence-electron chi connectivity index (χ3n) is 3.43. The second-order valence-electron chi connectivity index (χ2n) is 5.15. The molecule has 1 N–H and O–H groups in total. The number of nitrogens with one attached hydrogen (secondary N) is 1. The van der Waals surface area contributed by atoms with Gasteiger partial charge in [-0.25, -0.2) is 0 Å². The summed E-state index contributed by atoms with van der Waals surface area (Å²) in [6.45, 7) is 8.18. The summed E-state index contributed by atoms with van der Waals surface area (Å²) in [6, 6.07) is 8.60. The van der Waals surface area contributed by atoms with Gasteiger partial charge in [0.1, 0.15) is 0 Å². The van der Waals surface area contributed by atoms with Gasteiger partial charge in [0.15, 0.2) is 0 Å². The molecule has 1 unspecified atom stereocenters. The van der Waals surface area contributed by atoms with Gasteiger partial charge in [0.05, 0.1) is 13.2 Å². The Morgan fingerprint density at radius 1 is 1.37 bits per heavy atom. The average molecular weight is 283 g/mol. The molecule has 0 aromatic heterocycles. The minimum absolute atomic E-state index is 0.511. The molecule has 0 amide bonds. The van der Waals surface area contributed by atoms with E-state index in [0.29, 0.717) is 6.04 Å². The van der Waals surface area contributed by atoms with Gasteiger partial charge in [0.25, 0.3) is 0 Å². The molecule has 1 atom stereocenters. The van der Waals surface area contributed by atoms with Crippen LogP contribution < -0.4 is 5.32 Å². The van der Waals surface area contributed by atoms with Crippen molar-refractivity contribution in [2.45, 2.75) is 19.4 Å². The lowest BCUT2D eigenvalue weighted by molar-refractivity contribution is 0.0344. The molecule has 1 aliphatic heterocycles. The van der Waals surface area contributed by atoms with E-state index in [-0.39, 0.29) is 0 Å². The van der Waals surface area contributed by atoms with E-state index < -0.39 is 0 Å². The maximum absolute atomic E-state index is 5.98. The molecular formula is C15H23ClN2O. The fourth-order valence-electron chi connectivity index (χ4n) is 2.39. The van der Waals surface area contributed by atoms with E-state index in [2.05, 4.69) is 23.2 Å². The summed E-state index contributed by atoms with van der Waals surface area (Å²) in [4.78, 5) is 2.46. The fourth-order valence-corrected chi connectivity index (χ4v) is 2.60. The maximum atomic E-state index is 5.98. The number of benzene rings is 1. The van der Waals surface area contributed by atoms with Crippen LogP contribution in [0.25, 0.3) is 0 Å². The highest BCUT2D eigenvalue weighted by Crippen LogP contribution is 2.10. The van der Waals surface area contributed by atoms with Gasteiger partial charge < -0.3 is 10.1 Å². The van der Waals surface area contributed by atoms with Gasteiger partial charge in [-0.1, -0.05) is 23.7 Å². The number of hydrogen-bond donors (Lipinski definition) is 1. The SMILES string of the molecule is CC(CN1CCOCC1)NCCc1cccc(Cl)c1. The lowest BCUT2D eigenvalue weighted by atomic mass is 10.1. The smallest absolute Gasteiger partial charge is 0.0594 e. The molecule has 1 heterocycles. The molecule has 19 heavy (non-hydrogen) atoms. The van der Waals surface area contributed by atoms with Crippen molar-refractivity contribution in [2.24, 2.45) is 0 Å². The Morgan fingerprint density at radius 3 is 2.89 bits per heavy atom. The third-order valence-corrected chi connectivity index (χ3v) is 3.67. The van der Waals surface area contributed by atoms with Gasteiger partial charge in [-0.05, 0) is 37.6 Å². The number of morpholine rings is 1. The second kappa shape index (κ2) is 7.85. The summed E-state index contributed by atoms with van der Waals surface area (Å²) < 4.78 is 5.36. The third kappa shape index (κ3) is 5.49. The highest BCUT2D eigenvalue weighted by atomic mass is 35.5. The Labute approximate surface area is 120 Å². The van der Waals surface area contributed by atoms with Crippen molar-refractivity contribution in [3.05, 3.63) is 34.9 Å². The normalized spacial score (nSPS) is 18.4. The summed E-state index contributed by atoms with van der Waals surface area (Å²) in [7, 11) is 0. The zero-order valence-corrected chi connectivity index (χ0v) is 12.3. The summed E-state index contributed by atoms with van der Waals surface area (Å²) in [6.07, 6.45) is 1.02. The number of halogens is 1. The summed E-state index contributed by atoms with van der Waals surface area (Å²) >= 11 is 5.98. The number of rotatable bonds is 6. The van der Waals surface area contributed by atoms with Crippen molar-refractivity contribution < 1.29 is 4.74 Å². The van der Waals surface area contributed by atoms with Crippen molar-refractivity contribution in [1.82, 2.24) is 10.2 Å². The minimum atomic E-state index is 0.511. The molecule has 0 spiro atoms. The van der Waals surface area contributed by atoms with Crippen molar-refractivity contribution in [1.29, 1.82) is 0 Å². The van der Waals surface area contributed by atoms with Crippen LogP contribution in [0.15, 0.2) is 24.3 Å². The Hall–Kier alpha value is -0.610. The predicted octanol–water partition coefficient (Wildman–Crippen LogP) is 2.19. The zero-order valence-electron chi connectivity index (χ0n) is 11.6. The van der Waals surface area contributed by atoms with Gasteiger partial charge in [-0.2, -0.15) is 0 Å². The van der Waals surface area contributed by atoms with Crippen molar-refractivity contribution in [3.63, 3.8) is 0 Å². The largest absolute Gasteiger partial charge is 0.379 e. The Bertz CT molecular complexity index is 380. The highest BCUT2D eigenvalue weighted by molar-refractivity contribution is 6.30. The molecular weight excluding hydrogens is 260 g/mol. The van der Waals surface area contributed by atoms with E-state index in [1.807, 2.05) is 18.2 Å². The van der Waals surface area contributed by atoms with Crippen LogP contribution in [0.4, 0.5) is 0 Å². The predicted molar refractivity (Wildman–Crippen MR) is 79.9 cm³/mol. The molecule has 1 fully saturated rings. The van der Waals surface area contributed by atoms with E-state index >= 15 is 0 Å². The summed E-state index contributed by atoms with van der Waals surface area (Å²) in [5.41, 5.74) is 1.29. The van der Waals surface area contributed by atoms with Crippen LogP contribution in [-0.4, -0.2) is 50.3 Å². The van der Waals surface area contributed by atoms with E-state index in [4.69, 9.17) is 16.3 Å². The molecule has 1 aromatic carbocycles. The zero-order chi connectivity index (χ0) is 13.5. The van der Waals surface area contributed by atoms with Crippen LogP contribution in [0.1, 0.15) is 12.5 Å². The average Bonchev–Trinajstić information content (AvgIpc) is 2.40. The van der Waals surface area contributed by atoms with E-state index in [1.54, 1.807) is 0 Å². The molecule has 3 nitrogen and oxygen atoms in total. The Balaban J connectivity index is 1.64. The molecule has 0 aliphatic carbocycles. The highest BCUT2D eigenvalue weighted by Gasteiger charge is 2.12. The molecule has 106 valence electrons.